The number of hydrogen-bond donors (Lipinski definition) is 1. The van der Waals surface area contributed by atoms with Gasteiger partial charge in [-0.2, -0.15) is 0 Å². The molecule has 1 unspecified atom stereocenters. The minimum atomic E-state index is -0.584. The second-order valence-corrected chi connectivity index (χ2v) is 8.04. The summed E-state index contributed by atoms with van der Waals surface area (Å²) in [7, 11) is 0. The summed E-state index contributed by atoms with van der Waals surface area (Å²) < 4.78 is 0. The largest absolute Gasteiger partial charge is 0.310 e. The van der Waals surface area contributed by atoms with Gasteiger partial charge in [-0.1, -0.05) is 23.7 Å². The molecule has 1 aliphatic heterocycles. The monoisotopic (exact) mass is 407 g/mol. The summed E-state index contributed by atoms with van der Waals surface area (Å²) in [5.74, 6) is -0.604. The van der Waals surface area contributed by atoms with Crippen molar-refractivity contribution >= 4 is 34.8 Å². The van der Waals surface area contributed by atoms with Crippen LogP contribution in [0, 0.1) is 12.8 Å². The molecule has 4 rings (SSSR count). The maximum atomic E-state index is 13.3. The predicted molar refractivity (Wildman–Crippen MR) is 114 cm³/mol. The second kappa shape index (κ2) is 7.91. The molecule has 1 aromatic carbocycles. The highest BCUT2D eigenvalue weighted by atomic mass is 35.5. The van der Waals surface area contributed by atoms with Crippen molar-refractivity contribution in [2.75, 3.05) is 5.32 Å². The molecule has 0 spiro atoms. The van der Waals surface area contributed by atoms with Gasteiger partial charge in [0.15, 0.2) is 5.78 Å². The molecule has 0 bridgehead atoms. The molecule has 2 heterocycles. The summed E-state index contributed by atoms with van der Waals surface area (Å²) in [4.78, 5) is 35.1. The van der Waals surface area contributed by atoms with Gasteiger partial charge in [-0.05, 0) is 62.1 Å². The molecule has 6 heteroatoms. The highest BCUT2D eigenvalue weighted by molar-refractivity contribution is 6.30. The number of allylic oxidation sites excluding steroid dienone is 2. The number of aromatic nitrogens is 1. The van der Waals surface area contributed by atoms with E-state index in [-0.39, 0.29) is 17.6 Å². The third-order valence-electron chi connectivity index (χ3n) is 5.51. The molecule has 2 aromatic rings. The van der Waals surface area contributed by atoms with Crippen molar-refractivity contribution in [3.05, 3.63) is 70.0 Å². The number of ketones is 1. The number of nitrogens with one attached hydrogen (secondary N) is 1. The first-order valence-corrected chi connectivity index (χ1v) is 10.1. The standard InChI is InChI=1S/C23H22ClN3O2/c1-13-10-11-25-19(12-13)27-23(29)20-14(2)26-17-4-3-5-18(28)22(17)21(20)15-6-8-16(24)9-7-15/h6-12,20-21H,3-5H2,1-2H3,(H,25,27,29)/t20?,21-/m1/s1. The molecule has 2 aliphatic rings. The van der Waals surface area contributed by atoms with Gasteiger partial charge in [0.05, 0.1) is 5.92 Å². The molecule has 0 fully saturated rings. The van der Waals surface area contributed by atoms with E-state index in [1.807, 2.05) is 38.1 Å². The predicted octanol–water partition coefficient (Wildman–Crippen LogP) is 4.86. The Kier molecular flexibility index (Phi) is 5.33. The Balaban J connectivity index is 1.77. The average Bonchev–Trinajstić information content (AvgIpc) is 2.67. The van der Waals surface area contributed by atoms with Crippen molar-refractivity contribution in [2.24, 2.45) is 10.9 Å². The van der Waals surface area contributed by atoms with Crippen LogP contribution in [0.3, 0.4) is 0 Å². The summed E-state index contributed by atoms with van der Waals surface area (Å²) in [6.07, 6.45) is 3.71. The van der Waals surface area contributed by atoms with E-state index in [1.54, 1.807) is 18.3 Å². The molecule has 0 saturated heterocycles. The van der Waals surface area contributed by atoms with Crippen molar-refractivity contribution in [1.82, 2.24) is 4.98 Å². The van der Waals surface area contributed by atoms with Gasteiger partial charge in [-0.15, -0.1) is 0 Å². The topological polar surface area (TPSA) is 71.4 Å². The minimum absolute atomic E-state index is 0.0777. The van der Waals surface area contributed by atoms with Crippen LogP contribution in [0.5, 0.6) is 0 Å². The van der Waals surface area contributed by atoms with Crippen LogP contribution in [-0.2, 0) is 9.59 Å². The van der Waals surface area contributed by atoms with Crippen LogP contribution in [-0.4, -0.2) is 22.4 Å². The minimum Gasteiger partial charge on any atom is -0.310 e. The summed E-state index contributed by atoms with van der Waals surface area (Å²) in [5.41, 5.74) is 4.09. The molecule has 1 amide bonds. The fraction of sp³-hybridized carbons (Fsp3) is 0.304. The van der Waals surface area contributed by atoms with E-state index in [4.69, 9.17) is 11.6 Å². The van der Waals surface area contributed by atoms with E-state index in [1.165, 1.54) is 0 Å². The number of anilines is 1. The number of pyridine rings is 1. The second-order valence-electron chi connectivity index (χ2n) is 7.60. The fourth-order valence-corrected chi connectivity index (χ4v) is 4.31. The van der Waals surface area contributed by atoms with Crippen LogP contribution < -0.4 is 5.32 Å². The zero-order valence-corrected chi connectivity index (χ0v) is 17.2. The lowest BCUT2D eigenvalue weighted by molar-refractivity contribution is -0.119. The highest BCUT2D eigenvalue weighted by Crippen LogP contribution is 2.43. The van der Waals surface area contributed by atoms with Gasteiger partial charge in [0, 0.05) is 40.5 Å². The van der Waals surface area contributed by atoms with E-state index < -0.39 is 5.92 Å². The summed E-state index contributed by atoms with van der Waals surface area (Å²) in [5, 5.41) is 3.53. The van der Waals surface area contributed by atoms with E-state index in [0.29, 0.717) is 28.5 Å². The zero-order chi connectivity index (χ0) is 20.5. The fourth-order valence-electron chi connectivity index (χ4n) is 4.18. The molecule has 1 aromatic heterocycles. The normalized spacial score (nSPS) is 21.5. The molecule has 0 saturated carbocycles. The summed E-state index contributed by atoms with van der Waals surface area (Å²) >= 11 is 6.08. The number of aryl methyl sites for hydroxylation is 1. The van der Waals surface area contributed by atoms with Crippen molar-refractivity contribution in [1.29, 1.82) is 0 Å². The molecular formula is C23H22ClN3O2. The van der Waals surface area contributed by atoms with Gasteiger partial charge in [-0.3, -0.25) is 14.6 Å². The first-order chi connectivity index (χ1) is 13.9. The lowest BCUT2D eigenvalue weighted by Crippen LogP contribution is -2.39. The molecule has 0 radical (unpaired) electrons. The van der Waals surface area contributed by atoms with Crippen molar-refractivity contribution in [3.63, 3.8) is 0 Å². The number of amides is 1. The van der Waals surface area contributed by atoms with Gasteiger partial charge in [0.2, 0.25) is 5.91 Å². The first-order valence-electron chi connectivity index (χ1n) is 9.74. The number of halogens is 1. The van der Waals surface area contributed by atoms with Crippen molar-refractivity contribution in [2.45, 2.75) is 39.0 Å². The van der Waals surface area contributed by atoms with Crippen LogP contribution in [0.25, 0.3) is 0 Å². The van der Waals surface area contributed by atoms with Crippen LogP contribution in [0.15, 0.2) is 58.9 Å². The third-order valence-corrected chi connectivity index (χ3v) is 5.76. The van der Waals surface area contributed by atoms with Gasteiger partial charge in [-0.25, -0.2) is 4.98 Å². The number of rotatable bonds is 3. The Hall–Kier alpha value is -2.79. The molecule has 5 nitrogen and oxygen atoms in total. The maximum absolute atomic E-state index is 13.3. The number of nitrogens with zero attached hydrogens (tertiary/aromatic N) is 2. The average molecular weight is 408 g/mol. The van der Waals surface area contributed by atoms with Gasteiger partial charge in [0.25, 0.3) is 0 Å². The Morgan fingerprint density at radius 3 is 2.62 bits per heavy atom. The number of carbonyl (C=O) groups excluding carboxylic acids is 2. The number of aliphatic imine (C=N–C) groups is 1. The van der Waals surface area contributed by atoms with Crippen LogP contribution in [0.1, 0.15) is 43.2 Å². The Morgan fingerprint density at radius 2 is 1.90 bits per heavy atom. The highest BCUT2D eigenvalue weighted by Gasteiger charge is 2.42. The molecule has 148 valence electrons. The van der Waals surface area contributed by atoms with Gasteiger partial charge < -0.3 is 5.32 Å². The van der Waals surface area contributed by atoms with E-state index in [9.17, 15) is 9.59 Å². The molecule has 2 atom stereocenters. The number of hydrogen-bond acceptors (Lipinski definition) is 4. The number of benzene rings is 1. The lowest BCUT2D eigenvalue weighted by Gasteiger charge is -2.35. The molecule has 1 N–H and O–H groups in total. The molecule has 29 heavy (non-hydrogen) atoms. The quantitative estimate of drug-likeness (QED) is 0.789. The maximum Gasteiger partial charge on any atom is 0.235 e. The van der Waals surface area contributed by atoms with E-state index >= 15 is 0 Å². The van der Waals surface area contributed by atoms with Crippen LogP contribution in [0.2, 0.25) is 5.02 Å². The SMILES string of the molecule is CC1=NC2=C(C(=O)CCC2)[C@H](c2ccc(Cl)cc2)C1C(=O)Nc1cc(C)ccn1. The van der Waals surface area contributed by atoms with Crippen LogP contribution in [0.4, 0.5) is 5.82 Å². The Morgan fingerprint density at radius 1 is 1.14 bits per heavy atom. The summed E-state index contributed by atoms with van der Waals surface area (Å²) in [6, 6.07) is 11.1. The molecule has 1 aliphatic carbocycles. The van der Waals surface area contributed by atoms with Gasteiger partial charge >= 0.3 is 0 Å². The zero-order valence-electron chi connectivity index (χ0n) is 16.4. The third kappa shape index (κ3) is 3.87. The Bertz CT molecular complexity index is 1040. The number of Topliss-reactive ketones (excluding diaryl/α,β-unsaturated/α-hetero) is 1. The first kappa shape index (κ1) is 19.5. The van der Waals surface area contributed by atoms with E-state index in [2.05, 4.69) is 15.3 Å². The number of carbonyl (C=O) groups is 2. The molecular weight excluding hydrogens is 386 g/mol. The van der Waals surface area contributed by atoms with Crippen LogP contribution >= 0.6 is 11.6 Å². The van der Waals surface area contributed by atoms with Crippen molar-refractivity contribution in [3.8, 4) is 0 Å². The summed E-state index contributed by atoms with van der Waals surface area (Å²) in [6.45, 7) is 3.80. The smallest absolute Gasteiger partial charge is 0.235 e. The van der Waals surface area contributed by atoms with Gasteiger partial charge in [0.1, 0.15) is 5.82 Å². The Labute approximate surface area is 174 Å². The van der Waals surface area contributed by atoms with E-state index in [0.717, 1.165) is 29.7 Å². The van der Waals surface area contributed by atoms with Crippen molar-refractivity contribution < 1.29 is 9.59 Å². The lowest BCUT2D eigenvalue weighted by atomic mass is 9.71.